The third kappa shape index (κ3) is 2.74. The first-order chi connectivity index (χ1) is 8.68. The van der Waals surface area contributed by atoms with Crippen LogP contribution in [-0.4, -0.2) is 14.1 Å². The number of para-hydroxylation sites is 1. The molecule has 92 valence electrons. The summed E-state index contributed by atoms with van der Waals surface area (Å²) in [6, 6.07) is 15.8. The third-order valence-electron chi connectivity index (χ3n) is 2.69. The Bertz CT molecular complexity index is 545. The molecule has 0 spiro atoms. The molecule has 0 N–H and O–H groups in total. The van der Waals surface area contributed by atoms with Gasteiger partial charge in [-0.2, -0.15) is 5.11 Å². The molecule has 3 heteroatoms. The maximum atomic E-state index is 4.34. The van der Waals surface area contributed by atoms with Gasteiger partial charge in [-0.05, 0) is 30.7 Å². The molecule has 3 nitrogen and oxygen atoms in total. The molecule has 0 aliphatic rings. The van der Waals surface area contributed by atoms with Gasteiger partial charge in [-0.25, -0.2) is 0 Å². The number of aryl methyl sites for hydroxylation is 1. The van der Waals surface area contributed by atoms with Crippen molar-refractivity contribution in [2.24, 2.45) is 10.2 Å². The van der Waals surface area contributed by atoms with E-state index in [0.717, 1.165) is 17.1 Å². The molecule has 0 saturated carbocycles. The summed E-state index contributed by atoms with van der Waals surface area (Å²) in [6.07, 6.45) is 0. The molecular formula is C15H17N3. The van der Waals surface area contributed by atoms with Gasteiger partial charge in [0.25, 0.3) is 0 Å². The molecule has 0 aliphatic heterocycles. The van der Waals surface area contributed by atoms with Crippen LogP contribution in [0.4, 0.5) is 17.1 Å². The summed E-state index contributed by atoms with van der Waals surface area (Å²) < 4.78 is 0. The van der Waals surface area contributed by atoms with Gasteiger partial charge in [0.05, 0.1) is 11.4 Å². The first kappa shape index (κ1) is 12.3. The van der Waals surface area contributed by atoms with E-state index in [0.29, 0.717) is 0 Å². The van der Waals surface area contributed by atoms with Gasteiger partial charge < -0.3 is 4.90 Å². The van der Waals surface area contributed by atoms with E-state index in [1.54, 1.807) is 0 Å². The molecule has 0 bridgehead atoms. The van der Waals surface area contributed by atoms with E-state index in [2.05, 4.69) is 28.1 Å². The molecule has 0 radical (unpaired) electrons. The summed E-state index contributed by atoms with van der Waals surface area (Å²) in [5.41, 5.74) is 4.06. The minimum atomic E-state index is 0.865. The number of nitrogens with zero attached hydrogens (tertiary/aromatic N) is 3. The fourth-order valence-corrected chi connectivity index (χ4v) is 1.91. The van der Waals surface area contributed by atoms with Crippen LogP contribution in [0.15, 0.2) is 58.8 Å². The van der Waals surface area contributed by atoms with Crippen molar-refractivity contribution >= 4 is 17.1 Å². The Kier molecular flexibility index (Phi) is 3.72. The van der Waals surface area contributed by atoms with Gasteiger partial charge in [0.15, 0.2) is 0 Å². The van der Waals surface area contributed by atoms with Crippen molar-refractivity contribution in [3.8, 4) is 0 Å². The fourth-order valence-electron chi connectivity index (χ4n) is 1.91. The Morgan fingerprint density at radius 2 is 1.56 bits per heavy atom. The molecule has 2 aromatic rings. The van der Waals surface area contributed by atoms with E-state index >= 15 is 0 Å². The van der Waals surface area contributed by atoms with Gasteiger partial charge >= 0.3 is 0 Å². The Labute approximate surface area is 108 Å². The molecule has 0 aliphatic carbocycles. The van der Waals surface area contributed by atoms with Crippen molar-refractivity contribution in [2.45, 2.75) is 6.92 Å². The monoisotopic (exact) mass is 239 g/mol. The lowest BCUT2D eigenvalue weighted by molar-refractivity contribution is 1.10. The first-order valence-corrected chi connectivity index (χ1v) is 5.92. The van der Waals surface area contributed by atoms with E-state index in [9.17, 15) is 0 Å². The topological polar surface area (TPSA) is 28.0 Å². The zero-order valence-corrected chi connectivity index (χ0v) is 11.0. The van der Waals surface area contributed by atoms with Gasteiger partial charge in [0, 0.05) is 14.1 Å². The number of anilines is 1. The Morgan fingerprint density at radius 1 is 0.833 bits per heavy atom. The van der Waals surface area contributed by atoms with Gasteiger partial charge in [0.1, 0.15) is 5.69 Å². The maximum Gasteiger partial charge on any atom is 0.109 e. The Balaban J connectivity index is 2.35. The largest absolute Gasteiger partial charge is 0.376 e. The molecule has 0 fully saturated rings. The van der Waals surface area contributed by atoms with Crippen LogP contribution in [-0.2, 0) is 0 Å². The molecule has 0 aromatic heterocycles. The van der Waals surface area contributed by atoms with Crippen molar-refractivity contribution < 1.29 is 0 Å². The van der Waals surface area contributed by atoms with E-state index in [1.807, 2.05) is 56.6 Å². The van der Waals surface area contributed by atoms with E-state index < -0.39 is 0 Å². The number of azo groups is 1. The van der Waals surface area contributed by atoms with Crippen LogP contribution >= 0.6 is 0 Å². The van der Waals surface area contributed by atoms with Crippen LogP contribution < -0.4 is 4.90 Å². The second kappa shape index (κ2) is 5.45. The van der Waals surface area contributed by atoms with Crippen LogP contribution in [0.1, 0.15) is 5.56 Å². The number of benzene rings is 2. The van der Waals surface area contributed by atoms with Crippen molar-refractivity contribution in [3.63, 3.8) is 0 Å². The number of hydrogen-bond donors (Lipinski definition) is 0. The van der Waals surface area contributed by atoms with Gasteiger partial charge in [0.2, 0.25) is 0 Å². The van der Waals surface area contributed by atoms with Gasteiger partial charge in [-0.1, -0.05) is 30.3 Å². The molecule has 2 rings (SSSR count). The van der Waals surface area contributed by atoms with Crippen LogP contribution in [0.25, 0.3) is 0 Å². The number of hydrogen-bond acceptors (Lipinski definition) is 3. The van der Waals surface area contributed by atoms with Crippen molar-refractivity contribution in [1.82, 2.24) is 0 Å². The van der Waals surface area contributed by atoms with E-state index in [-0.39, 0.29) is 0 Å². The summed E-state index contributed by atoms with van der Waals surface area (Å²) in [4.78, 5) is 2.06. The highest BCUT2D eigenvalue weighted by Gasteiger charge is 2.06. The first-order valence-electron chi connectivity index (χ1n) is 5.92. The molecule has 0 heterocycles. The quantitative estimate of drug-likeness (QED) is 0.726. The van der Waals surface area contributed by atoms with Gasteiger partial charge in [-0.15, -0.1) is 5.11 Å². The smallest absolute Gasteiger partial charge is 0.109 e. The summed E-state index contributed by atoms with van der Waals surface area (Å²) in [6.45, 7) is 2.08. The minimum absolute atomic E-state index is 0.865. The second-order valence-electron chi connectivity index (χ2n) is 4.37. The third-order valence-corrected chi connectivity index (χ3v) is 2.69. The Hall–Kier alpha value is -2.16. The highest BCUT2D eigenvalue weighted by atomic mass is 15.1. The standard InChI is InChI=1S/C15H17N3/c1-12-8-7-11-14(15(12)18(2)3)17-16-13-9-5-4-6-10-13/h4-11H,1-3H3. The van der Waals surface area contributed by atoms with Gasteiger partial charge in [-0.3, -0.25) is 0 Å². The van der Waals surface area contributed by atoms with Crippen LogP contribution in [0, 0.1) is 6.92 Å². The SMILES string of the molecule is Cc1cccc(N=Nc2ccccc2)c1N(C)C. The predicted octanol–water partition coefficient (Wildman–Crippen LogP) is 4.48. The van der Waals surface area contributed by atoms with Crippen molar-refractivity contribution in [2.75, 3.05) is 19.0 Å². The summed E-state index contributed by atoms with van der Waals surface area (Å²) in [5.74, 6) is 0. The molecule has 0 saturated heterocycles. The minimum Gasteiger partial charge on any atom is -0.376 e. The second-order valence-corrected chi connectivity index (χ2v) is 4.37. The summed E-state index contributed by atoms with van der Waals surface area (Å²) in [5, 5.41) is 8.60. The predicted molar refractivity (Wildman–Crippen MR) is 76.1 cm³/mol. The van der Waals surface area contributed by atoms with Crippen LogP contribution in [0.2, 0.25) is 0 Å². The van der Waals surface area contributed by atoms with E-state index in [4.69, 9.17) is 0 Å². The maximum absolute atomic E-state index is 4.34. The normalized spacial score (nSPS) is 10.8. The molecule has 18 heavy (non-hydrogen) atoms. The fraction of sp³-hybridized carbons (Fsp3) is 0.200. The van der Waals surface area contributed by atoms with Crippen LogP contribution in [0.3, 0.4) is 0 Å². The molecular weight excluding hydrogens is 222 g/mol. The lowest BCUT2D eigenvalue weighted by atomic mass is 10.1. The average molecular weight is 239 g/mol. The van der Waals surface area contributed by atoms with Crippen molar-refractivity contribution in [3.05, 3.63) is 54.1 Å². The van der Waals surface area contributed by atoms with E-state index in [1.165, 1.54) is 5.56 Å². The molecule has 2 aromatic carbocycles. The lowest BCUT2D eigenvalue weighted by Crippen LogP contribution is -2.10. The zero-order chi connectivity index (χ0) is 13.0. The highest BCUT2D eigenvalue weighted by Crippen LogP contribution is 2.31. The zero-order valence-electron chi connectivity index (χ0n) is 11.0. The Morgan fingerprint density at radius 3 is 2.22 bits per heavy atom. The molecule has 0 atom stereocenters. The summed E-state index contributed by atoms with van der Waals surface area (Å²) in [7, 11) is 4.04. The molecule has 0 amide bonds. The van der Waals surface area contributed by atoms with Crippen LogP contribution in [0.5, 0.6) is 0 Å². The average Bonchev–Trinajstić information content (AvgIpc) is 2.37. The number of rotatable bonds is 3. The van der Waals surface area contributed by atoms with Crippen molar-refractivity contribution in [1.29, 1.82) is 0 Å². The molecule has 0 unspecified atom stereocenters. The highest BCUT2D eigenvalue weighted by molar-refractivity contribution is 5.70. The summed E-state index contributed by atoms with van der Waals surface area (Å²) >= 11 is 0. The lowest BCUT2D eigenvalue weighted by Gasteiger charge is -2.17.